The van der Waals surface area contributed by atoms with Crippen LogP contribution in [0.5, 0.6) is 0 Å². The molecule has 1 fully saturated rings. The molecule has 0 aliphatic carbocycles. The lowest BCUT2D eigenvalue weighted by Crippen LogP contribution is -2.41. The molecule has 1 aliphatic heterocycles. The number of halogens is 1. The maximum atomic E-state index is 12.3. The van der Waals surface area contributed by atoms with Gasteiger partial charge in [-0.15, -0.1) is 11.8 Å². The number of amides is 1. The van der Waals surface area contributed by atoms with Gasteiger partial charge in [-0.05, 0) is 25.0 Å². The molecular weight excluding hydrogens is 386 g/mol. The number of rotatable bonds is 6. The van der Waals surface area contributed by atoms with Crippen molar-refractivity contribution in [3.63, 3.8) is 0 Å². The van der Waals surface area contributed by atoms with Crippen LogP contribution in [0.3, 0.4) is 0 Å². The number of hydrogen-bond acceptors (Lipinski definition) is 4. The monoisotopic (exact) mass is 405 g/mol. The standard InChI is InChI=1S/C15H20BrNO3S2/c1-2-17(13-7-8-22(19,20)11-13)15(18)10-21-9-12-5-3-4-6-14(12)16/h3-6,13H,2,7-11H2,1H3. The van der Waals surface area contributed by atoms with Gasteiger partial charge in [-0.25, -0.2) is 8.42 Å². The quantitative estimate of drug-likeness (QED) is 0.729. The van der Waals surface area contributed by atoms with Crippen LogP contribution in [0.1, 0.15) is 18.9 Å². The van der Waals surface area contributed by atoms with Crippen molar-refractivity contribution in [2.75, 3.05) is 23.8 Å². The van der Waals surface area contributed by atoms with Crippen molar-refractivity contribution in [2.24, 2.45) is 0 Å². The van der Waals surface area contributed by atoms with Crippen LogP contribution in [0.25, 0.3) is 0 Å². The first-order valence-electron chi connectivity index (χ1n) is 7.24. The molecule has 1 unspecified atom stereocenters. The first kappa shape index (κ1) is 17.8. The van der Waals surface area contributed by atoms with E-state index in [0.717, 1.165) is 15.8 Å². The van der Waals surface area contributed by atoms with Crippen LogP contribution in [-0.4, -0.2) is 49.1 Å². The van der Waals surface area contributed by atoms with Crippen molar-refractivity contribution in [3.05, 3.63) is 34.3 Å². The van der Waals surface area contributed by atoms with Gasteiger partial charge >= 0.3 is 0 Å². The molecule has 0 aromatic heterocycles. The third-order valence-corrected chi connectivity index (χ3v) is 7.24. The second-order valence-corrected chi connectivity index (χ2v) is 9.39. The van der Waals surface area contributed by atoms with E-state index in [1.807, 2.05) is 31.2 Å². The summed E-state index contributed by atoms with van der Waals surface area (Å²) in [4.78, 5) is 14.1. The number of carbonyl (C=O) groups excluding carboxylic acids is 1. The summed E-state index contributed by atoms with van der Waals surface area (Å²) in [6.07, 6.45) is 0.566. The molecular formula is C15H20BrNO3S2. The molecule has 0 bridgehead atoms. The number of carbonyl (C=O) groups is 1. The van der Waals surface area contributed by atoms with Gasteiger partial charge in [0, 0.05) is 22.8 Å². The van der Waals surface area contributed by atoms with E-state index in [-0.39, 0.29) is 23.5 Å². The highest BCUT2D eigenvalue weighted by molar-refractivity contribution is 9.10. The third kappa shape index (κ3) is 4.73. The first-order valence-corrected chi connectivity index (χ1v) is 11.0. The van der Waals surface area contributed by atoms with Gasteiger partial charge in [0.2, 0.25) is 5.91 Å². The molecule has 7 heteroatoms. The fourth-order valence-corrected chi connectivity index (χ4v) is 5.86. The summed E-state index contributed by atoms with van der Waals surface area (Å²) >= 11 is 5.06. The lowest BCUT2D eigenvalue weighted by molar-refractivity contribution is -0.129. The van der Waals surface area contributed by atoms with Gasteiger partial charge in [0.15, 0.2) is 9.84 Å². The number of nitrogens with zero attached hydrogens (tertiary/aromatic N) is 1. The average Bonchev–Trinajstić information content (AvgIpc) is 2.82. The molecule has 1 saturated heterocycles. The van der Waals surface area contributed by atoms with E-state index in [9.17, 15) is 13.2 Å². The zero-order valence-electron chi connectivity index (χ0n) is 12.5. The molecule has 122 valence electrons. The van der Waals surface area contributed by atoms with Crippen LogP contribution in [-0.2, 0) is 20.4 Å². The molecule has 0 N–H and O–H groups in total. The largest absolute Gasteiger partial charge is 0.338 e. The predicted molar refractivity (Wildman–Crippen MR) is 94.7 cm³/mol. The Morgan fingerprint density at radius 1 is 1.41 bits per heavy atom. The molecule has 22 heavy (non-hydrogen) atoms. The van der Waals surface area contributed by atoms with E-state index in [1.165, 1.54) is 0 Å². The maximum Gasteiger partial charge on any atom is 0.232 e. The van der Waals surface area contributed by atoms with Gasteiger partial charge in [-0.1, -0.05) is 34.1 Å². The van der Waals surface area contributed by atoms with Crippen molar-refractivity contribution in [2.45, 2.75) is 25.1 Å². The average molecular weight is 406 g/mol. The SMILES string of the molecule is CCN(C(=O)CSCc1ccccc1Br)C1CCS(=O)(=O)C1. The van der Waals surface area contributed by atoms with E-state index in [1.54, 1.807) is 16.7 Å². The summed E-state index contributed by atoms with van der Waals surface area (Å²) in [6, 6.07) is 7.81. The van der Waals surface area contributed by atoms with Crippen LogP contribution in [0.4, 0.5) is 0 Å². The Morgan fingerprint density at radius 3 is 2.73 bits per heavy atom. The van der Waals surface area contributed by atoms with Crippen molar-refractivity contribution in [3.8, 4) is 0 Å². The third-order valence-electron chi connectivity index (χ3n) is 3.75. The molecule has 1 aromatic rings. The van der Waals surface area contributed by atoms with Crippen LogP contribution >= 0.6 is 27.7 Å². The Kier molecular flexibility index (Phi) is 6.35. The van der Waals surface area contributed by atoms with Gasteiger partial charge in [0.05, 0.1) is 17.3 Å². The van der Waals surface area contributed by atoms with E-state index in [2.05, 4.69) is 15.9 Å². The molecule has 0 radical (unpaired) electrons. The number of thioether (sulfide) groups is 1. The Labute approximate surface area is 144 Å². The highest BCUT2D eigenvalue weighted by Crippen LogP contribution is 2.23. The fourth-order valence-electron chi connectivity index (χ4n) is 2.61. The molecule has 2 rings (SSSR count). The molecule has 1 amide bonds. The smallest absolute Gasteiger partial charge is 0.232 e. The summed E-state index contributed by atoms with van der Waals surface area (Å²) in [7, 11) is -2.96. The lowest BCUT2D eigenvalue weighted by atomic mass is 10.2. The van der Waals surface area contributed by atoms with Crippen LogP contribution in [0.15, 0.2) is 28.7 Å². The molecule has 1 aliphatic rings. The Morgan fingerprint density at radius 2 is 2.14 bits per heavy atom. The summed E-state index contributed by atoms with van der Waals surface area (Å²) in [6.45, 7) is 2.47. The van der Waals surface area contributed by atoms with Gasteiger partial charge < -0.3 is 4.90 Å². The first-order chi connectivity index (χ1) is 10.4. The highest BCUT2D eigenvalue weighted by atomic mass is 79.9. The van der Waals surface area contributed by atoms with E-state index in [0.29, 0.717) is 18.7 Å². The zero-order chi connectivity index (χ0) is 16.2. The summed E-state index contributed by atoms with van der Waals surface area (Å²) in [5.74, 6) is 1.48. The summed E-state index contributed by atoms with van der Waals surface area (Å²) in [5.41, 5.74) is 1.16. The second kappa shape index (κ2) is 7.84. The minimum absolute atomic E-state index is 0.0293. The summed E-state index contributed by atoms with van der Waals surface area (Å²) in [5, 5.41) is 0. The number of sulfone groups is 1. The van der Waals surface area contributed by atoms with E-state index >= 15 is 0 Å². The molecule has 0 saturated carbocycles. The van der Waals surface area contributed by atoms with Gasteiger partial charge in [-0.3, -0.25) is 4.79 Å². The van der Waals surface area contributed by atoms with Crippen molar-refractivity contribution in [1.82, 2.24) is 4.90 Å². The Balaban J connectivity index is 1.87. The van der Waals surface area contributed by atoms with Crippen molar-refractivity contribution in [1.29, 1.82) is 0 Å². The topological polar surface area (TPSA) is 54.5 Å². The lowest BCUT2D eigenvalue weighted by Gasteiger charge is -2.26. The molecule has 1 heterocycles. The molecule has 0 spiro atoms. The minimum atomic E-state index is -2.96. The van der Waals surface area contributed by atoms with Gasteiger partial charge in [0.1, 0.15) is 0 Å². The highest BCUT2D eigenvalue weighted by Gasteiger charge is 2.33. The van der Waals surface area contributed by atoms with Crippen LogP contribution in [0.2, 0.25) is 0 Å². The normalized spacial score (nSPS) is 20.0. The molecule has 1 atom stereocenters. The van der Waals surface area contributed by atoms with E-state index < -0.39 is 9.84 Å². The fraction of sp³-hybridized carbons (Fsp3) is 0.533. The number of benzene rings is 1. The van der Waals surface area contributed by atoms with Crippen LogP contribution in [0, 0.1) is 0 Å². The Bertz CT molecular complexity index is 633. The molecule has 4 nitrogen and oxygen atoms in total. The Hall–Kier alpha value is -0.530. The molecule has 1 aromatic carbocycles. The van der Waals surface area contributed by atoms with Crippen molar-refractivity contribution < 1.29 is 13.2 Å². The van der Waals surface area contributed by atoms with Crippen LogP contribution < -0.4 is 0 Å². The second-order valence-electron chi connectivity index (χ2n) is 5.32. The minimum Gasteiger partial charge on any atom is -0.338 e. The van der Waals surface area contributed by atoms with Gasteiger partial charge in [0.25, 0.3) is 0 Å². The van der Waals surface area contributed by atoms with Gasteiger partial charge in [-0.2, -0.15) is 0 Å². The van der Waals surface area contributed by atoms with Crippen molar-refractivity contribution >= 4 is 43.4 Å². The predicted octanol–water partition coefficient (Wildman–Crippen LogP) is 2.72. The summed E-state index contributed by atoms with van der Waals surface area (Å²) < 4.78 is 24.2. The zero-order valence-corrected chi connectivity index (χ0v) is 15.7. The maximum absolute atomic E-state index is 12.3. The number of hydrogen-bond donors (Lipinski definition) is 0. The van der Waals surface area contributed by atoms with E-state index in [4.69, 9.17) is 0 Å².